The fourth-order valence-electron chi connectivity index (χ4n) is 5.98. The first-order valence-electron chi connectivity index (χ1n) is 13.2. The van der Waals surface area contributed by atoms with Crippen molar-refractivity contribution in [2.24, 2.45) is 0 Å². The first-order valence-corrected chi connectivity index (χ1v) is 15.0. The van der Waals surface area contributed by atoms with E-state index in [1.54, 1.807) is 6.20 Å². The summed E-state index contributed by atoms with van der Waals surface area (Å²) in [4.78, 5) is 4.53. The SMILES string of the molecule is O=P1(c2ccccn2)c2ccccc2-c2ccc(Oc3cccc(-n4c5ccccc5c5ccccc54)c3)cc21. The minimum absolute atomic E-state index is 0.590. The van der Waals surface area contributed by atoms with Crippen LogP contribution in [-0.2, 0) is 4.57 Å². The minimum atomic E-state index is -3.13. The lowest BCUT2D eigenvalue weighted by molar-refractivity contribution is 0.483. The standard InChI is InChI=1S/C35H23N2O2P/c38-40(35-18-7-8-21-36-35)33-17-6-3-14-29(33)30-20-19-26(23-34(30)40)39-25-11-9-10-24(22-25)37-31-15-4-1-12-27(31)28-13-2-5-16-32(28)37/h1-23H. The van der Waals surface area contributed by atoms with Gasteiger partial charge in [0.1, 0.15) is 16.9 Å². The molecule has 2 aromatic heterocycles. The van der Waals surface area contributed by atoms with E-state index in [-0.39, 0.29) is 0 Å². The van der Waals surface area contributed by atoms with Gasteiger partial charge in [0.2, 0.25) is 0 Å². The number of ether oxygens (including phenoxy) is 1. The molecular formula is C35H23N2O2P. The van der Waals surface area contributed by atoms with Crippen molar-refractivity contribution in [2.75, 3.05) is 0 Å². The van der Waals surface area contributed by atoms with Gasteiger partial charge in [-0.25, -0.2) is 0 Å². The van der Waals surface area contributed by atoms with Crippen LogP contribution in [0.2, 0.25) is 0 Å². The first-order chi connectivity index (χ1) is 19.7. The molecule has 1 atom stereocenters. The van der Waals surface area contributed by atoms with Crippen LogP contribution in [0.25, 0.3) is 38.6 Å². The highest BCUT2D eigenvalue weighted by atomic mass is 31.2. The van der Waals surface area contributed by atoms with Crippen molar-refractivity contribution in [3.8, 4) is 28.3 Å². The lowest BCUT2D eigenvalue weighted by atomic mass is 10.1. The van der Waals surface area contributed by atoms with Gasteiger partial charge in [0, 0.05) is 39.3 Å². The average Bonchev–Trinajstić information content (AvgIpc) is 3.48. The summed E-state index contributed by atoms with van der Waals surface area (Å²) in [6, 6.07) is 44.5. The van der Waals surface area contributed by atoms with Gasteiger partial charge in [-0.2, -0.15) is 0 Å². The molecule has 3 heterocycles. The predicted octanol–water partition coefficient (Wildman–Crippen LogP) is 7.59. The maximum Gasteiger partial charge on any atom is 0.189 e. The topological polar surface area (TPSA) is 44.1 Å². The average molecular weight is 535 g/mol. The molecule has 1 aliphatic heterocycles. The third-order valence-electron chi connectivity index (χ3n) is 7.71. The zero-order chi connectivity index (χ0) is 26.7. The zero-order valence-electron chi connectivity index (χ0n) is 21.4. The van der Waals surface area contributed by atoms with Crippen LogP contribution in [0.1, 0.15) is 0 Å². The smallest absolute Gasteiger partial charge is 0.189 e. The van der Waals surface area contributed by atoms with E-state index < -0.39 is 7.14 Å². The number of aromatic nitrogens is 2. The number of pyridine rings is 1. The second-order valence-corrected chi connectivity index (χ2v) is 12.6. The molecule has 0 spiro atoms. The molecule has 1 aliphatic rings. The fourth-order valence-corrected chi connectivity index (χ4v) is 8.93. The summed E-state index contributed by atoms with van der Waals surface area (Å²) in [5.74, 6) is 1.35. The van der Waals surface area contributed by atoms with Gasteiger partial charge >= 0.3 is 0 Å². The van der Waals surface area contributed by atoms with Crippen molar-refractivity contribution in [3.63, 3.8) is 0 Å². The maximum atomic E-state index is 14.8. The van der Waals surface area contributed by atoms with Gasteiger partial charge in [0.05, 0.1) is 11.0 Å². The lowest BCUT2D eigenvalue weighted by Gasteiger charge is -2.16. The van der Waals surface area contributed by atoms with E-state index in [0.717, 1.165) is 38.5 Å². The second-order valence-electron chi connectivity index (χ2n) is 9.96. The highest BCUT2D eigenvalue weighted by molar-refractivity contribution is 7.86. The summed E-state index contributed by atoms with van der Waals surface area (Å²) < 4.78 is 23.5. The molecule has 190 valence electrons. The third-order valence-corrected chi connectivity index (χ3v) is 10.7. The number of hydrogen-bond acceptors (Lipinski definition) is 3. The Kier molecular flexibility index (Phi) is 5.07. The van der Waals surface area contributed by atoms with Gasteiger partial charge in [-0.3, -0.25) is 4.98 Å². The Morgan fingerprint density at radius 3 is 2.02 bits per heavy atom. The highest BCUT2D eigenvalue weighted by Gasteiger charge is 2.41. The molecule has 0 aliphatic carbocycles. The molecule has 0 saturated carbocycles. The van der Waals surface area contributed by atoms with Crippen molar-refractivity contribution >= 4 is 45.0 Å². The Bertz CT molecular complexity index is 2080. The van der Waals surface area contributed by atoms with Gasteiger partial charge in [0.25, 0.3) is 0 Å². The maximum absolute atomic E-state index is 14.8. The van der Waals surface area contributed by atoms with E-state index in [9.17, 15) is 4.57 Å². The molecule has 5 heteroatoms. The molecule has 40 heavy (non-hydrogen) atoms. The van der Waals surface area contributed by atoms with Crippen LogP contribution in [0.3, 0.4) is 0 Å². The van der Waals surface area contributed by atoms with Crippen molar-refractivity contribution < 1.29 is 9.30 Å². The van der Waals surface area contributed by atoms with Crippen LogP contribution < -0.4 is 20.8 Å². The van der Waals surface area contributed by atoms with E-state index in [0.29, 0.717) is 16.9 Å². The van der Waals surface area contributed by atoms with Crippen LogP contribution in [0, 0.1) is 0 Å². The lowest BCUT2D eigenvalue weighted by Crippen LogP contribution is -2.23. The van der Waals surface area contributed by atoms with Gasteiger partial charge in [-0.15, -0.1) is 0 Å². The van der Waals surface area contributed by atoms with Gasteiger partial charge in [-0.05, 0) is 65.7 Å². The summed E-state index contributed by atoms with van der Waals surface area (Å²) >= 11 is 0. The Morgan fingerprint density at radius 2 is 1.25 bits per heavy atom. The van der Waals surface area contributed by atoms with Crippen molar-refractivity contribution in [3.05, 3.63) is 140 Å². The number of fused-ring (bicyclic) bond motifs is 6. The fraction of sp³-hybridized carbons (Fsp3) is 0. The zero-order valence-corrected chi connectivity index (χ0v) is 22.3. The van der Waals surface area contributed by atoms with Crippen LogP contribution >= 0.6 is 7.14 Å². The van der Waals surface area contributed by atoms with Crippen molar-refractivity contribution in [2.45, 2.75) is 0 Å². The summed E-state index contributed by atoms with van der Waals surface area (Å²) in [5.41, 5.74) is 5.86. The Hall–Kier alpha value is -4.92. The quantitative estimate of drug-likeness (QED) is 0.219. The first kappa shape index (κ1) is 23.0. The summed E-state index contributed by atoms with van der Waals surface area (Å²) in [6.07, 6.45) is 1.70. The number of nitrogens with zero attached hydrogens (tertiary/aromatic N) is 2. The van der Waals surface area contributed by atoms with E-state index in [2.05, 4.69) is 70.2 Å². The Labute approximate surface area is 231 Å². The van der Waals surface area contributed by atoms with Gasteiger partial charge in [-0.1, -0.05) is 72.8 Å². The molecule has 0 amide bonds. The summed E-state index contributed by atoms with van der Waals surface area (Å²) in [7, 11) is -3.13. The summed E-state index contributed by atoms with van der Waals surface area (Å²) in [5, 5.41) is 4.03. The van der Waals surface area contributed by atoms with Gasteiger partial charge in [0.15, 0.2) is 7.14 Å². The molecule has 7 aromatic rings. The summed E-state index contributed by atoms with van der Waals surface area (Å²) in [6.45, 7) is 0. The van der Waals surface area contributed by atoms with Crippen LogP contribution in [0.4, 0.5) is 0 Å². The van der Waals surface area contributed by atoms with Crippen molar-refractivity contribution in [1.29, 1.82) is 0 Å². The molecule has 0 radical (unpaired) electrons. The molecule has 0 bridgehead atoms. The van der Waals surface area contributed by atoms with E-state index in [1.807, 2.05) is 72.8 Å². The molecule has 8 rings (SSSR count). The molecule has 5 aromatic carbocycles. The molecular weight excluding hydrogens is 511 g/mol. The normalized spacial score (nSPS) is 15.7. The number of rotatable bonds is 4. The van der Waals surface area contributed by atoms with Crippen LogP contribution in [0.5, 0.6) is 11.5 Å². The number of para-hydroxylation sites is 2. The van der Waals surface area contributed by atoms with Gasteiger partial charge < -0.3 is 13.9 Å². The van der Waals surface area contributed by atoms with Crippen LogP contribution in [0.15, 0.2) is 140 Å². The second kappa shape index (κ2) is 8.81. The Balaban J connectivity index is 1.23. The molecule has 0 N–H and O–H groups in total. The molecule has 0 fully saturated rings. The molecule has 1 unspecified atom stereocenters. The monoisotopic (exact) mass is 534 g/mol. The number of benzene rings is 5. The predicted molar refractivity (Wildman–Crippen MR) is 163 cm³/mol. The van der Waals surface area contributed by atoms with Crippen LogP contribution in [-0.4, -0.2) is 9.55 Å². The minimum Gasteiger partial charge on any atom is -0.457 e. The van der Waals surface area contributed by atoms with E-state index in [4.69, 9.17) is 4.74 Å². The highest BCUT2D eigenvalue weighted by Crippen LogP contribution is 2.52. The van der Waals surface area contributed by atoms with Crippen molar-refractivity contribution in [1.82, 2.24) is 9.55 Å². The van der Waals surface area contributed by atoms with E-state index >= 15 is 0 Å². The number of hydrogen-bond donors (Lipinski definition) is 0. The largest absolute Gasteiger partial charge is 0.457 e. The molecule has 4 nitrogen and oxygen atoms in total. The third kappa shape index (κ3) is 3.33. The van der Waals surface area contributed by atoms with E-state index in [1.165, 1.54) is 10.8 Å². The molecule has 0 saturated heterocycles. The Morgan fingerprint density at radius 1 is 0.575 bits per heavy atom.